The molecule has 170 valence electrons. The predicted molar refractivity (Wildman–Crippen MR) is 129 cm³/mol. The van der Waals surface area contributed by atoms with Gasteiger partial charge in [0.15, 0.2) is 0 Å². The smallest absolute Gasteiger partial charge is 0.254 e. The Morgan fingerprint density at radius 3 is 2.55 bits per heavy atom. The largest absolute Gasteiger partial charge is 0.383 e. The molecule has 1 N–H and O–H groups in total. The summed E-state index contributed by atoms with van der Waals surface area (Å²) in [4.78, 5) is 28.9. The molecule has 0 bridgehead atoms. The van der Waals surface area contributed by atoms with Crippen molar-refractivity contribution in [1.29, 1.82) is 0 Å². The van der Waals surface area contributed by atoms with Crippen molar-refractivity contribution in [2.24, 2.45) is 0 Å². The van der Waals surface area contributed by atoms with E-state index < -0.39 is 12.0 Å². The first-order chi connectivity index (χ1) is 15.9. The Morgan fingerprint density at radius 2 is 1.85 bits per heavy atom. The number of carbonyl (C=O) groups excluding carboxylic acids is 2. The monoisotopic (exact) mass is 510 g/mol. The van der Waals surface area contributed by atoms with Crippen LogP contribution in [0, 0.1) is 12.7 Å². The number of methoxy groups -OCH3 is 1. The van der Waals surface area contributed by atoms with Gasteiger partial charge < -0.3 is 15.0 Å². The standard InChI is InChI=1S/C26H24BrFN2O3/c1-16-15-18(27)9-12-22(16)29-25(31)23-20-5-3-4-6-21(20)26(32)30(13-14-33-2)24(23)17-7-10-19(28)11-8-17/h3-12,15,23-24H,13-14H2,1-2H3,(H,29,31)/t23-,24-/m0/s1. The summed E-state index contributed by atoms with van der Waals surface area (Å²) in [5.41, 5.74) is 3.42. The van der Waals surface area contributed by atoms with E-state index in [0.29, 0.717) is 35.5 Å². The summed E-state index contributed by atoms with van der Waals surface area (Å²) >= 11 is 3.45. The Bertz CT molecular complexity index is 1180. The summed E-state index contributed by atoms with van der Waals surface area (Å²) in [6.07, 6.45) is 0. The van der Waals surface area contributed by atoms with E-state index in [1.807, 2.05) is 37.3 Å². The van der Waals surface area contributed by atoms with Gasteiger partial charge in [-0.15, -0.1) is 0 Å². The molecule has 5 nitrogen and oxygen atoms in total. The molecule has 0 spiro atoms. The molecule has 3 aromatic carbocycles. The van der Waals surface area contributed by atoms with Crippen molar-refractivity contribution in [3.05, 3.63) is 99.3 Å². The quantitative estimate of drug-likeness (QED) is 0.478. The number of benzene rings is 3. The number of rotatable bonds is 6. The van der Waals surface area contributed by atoms with E-state index in [2.05, 4.69) is 21.2 Å². The highest BCUT2D eigenvalue weighted by Crippen LogP contribution is 2.43. The summed E-state index contributed by atoms with van der Waals surface area (Å²) < 4.78 is 19.9. The zero-order valence-electron chi connectivity index (χ0n) is 18.3. The van der Waals surface area contributed by atoms with Gasteiger partial charge in [0.1, 0.15) is 5.82 Å². The number of nitrogens with zero attached hydrogens (tertiary/aromatic N) is 1. The van der Waals surface area contributed by atoms with Gasteiger partial charge in [-0.1, -0.05) is 46.3 Å². The molecule has 2 amide bonds. The van der Waals surface area contributed by atoms with Crippen LogP contribution in [0.3, 0.4) is 0 Å². The van der Waals surface area contributed by atoms with Gasteiger partial charge in [0.05, 0.1) is 18.6 Å². The van der Waals surface area contributed by atoms with Crippen LogP contribution < -0.4 is 5.32 Å². The highest BCUT2D eigenvalue weighted by atomic mass is 79.9. The Hall–Kier alpha value is -3.03. The van der Waals surface area contributed by atoms with Gasteiger partial charge in [0.2, 0.25) is 5.91 Å². The van der Waals surface area contributed by atoms with Crippen LogP contribution in [0.2, 0.25) is 0 Å². The summed E-state index contributed by atoms with van der Waals surface area (Å²) in [6.45, 7) is 2.53. The molecule has 1 aliphatic rings. The molecule has 0 saturated heterocycles. The molecule has 3 aromatic rings. The first kappa shape index (κ1) is 23.1. The molecule has 1 aliphatic heterocycles. The maximum atomic E-state index is 13.8. The predicted octanol–water partition coefficient (Wildman–Crippen LogP) is 5.46. The first-order valence-corrected chi connectivity index (χ1v) is 11.4. The third-order valence-corrected chi connectivity index (χ3v) is 6.41. The van der Waals surface area contributed by atoms with Crippen molar-refractivity contribution < 1.29 is 18.7 Å². The minimum Gasteiger partial charge on any atom is -0.383 e. The van der Waals surface area contributed by atoms with Crippen LogP contribution >= 0.6 is 15.9 Å². The lowest BCUT2D eigenvalue weighted by molar-refractivity contribution is -0.119. The second-order valence-electron chi connectivity index (χ2n) is 8.00. The lowest BCUT2D eigenvalue weighted by Crippen LogP contribution is -2.47. The van der Waals surface area contributed by atoms with Crippen LogP contribution in [0.1, 0.15) is 39.0 Å². The van der Waals surface area contributed by atoms with Crippen molar-refractivity contribution in [2.75, 3.05) is 25.6 Å². The third-order valence-electron chi connectivity index (χ3n) is 5.92. The Labute approximate surface area is 200 Å². The summed E-state index contributed by atoms with van der Waals surface area (Å²) in [5.74, 6) is -1.49. The van der Waals surface area contributed by atoms with Gasteiger partial charge in [0.25, 0.3) is 5.91 Å². The van der Waals surface area contributed by atoms with Gasteiger partial charge in [-0.2, -0.15) is 0 Å². The molecular formula is C26H24BrFN2O3. The third kappa shape index (κ3) is 4.70. The average Bonchev–Trinajstić information content (AvgIpc) is 2.80. The molecule has 1 heterocycles. The average molecular weight is 511 g/mol. The second-order valence-corrected chi connectivity index (χ2v) is 8.92. The van der Waals surface area contributed by atoms with Gasteiger partial charge in [-0.05, 0) is 60.0 Å². The van der Waals surface area contributed by atoms with E-state index in [1.165, 1.54) is 12.1 Å². The zero-order chi connectivity index (χ0) is 23.5. The number of carbonyl (C=O) groups is 2. The summed E-state index contributed by atoms with van der Waals surface area (Å²) in [7, 11) is 1.57. The number of aryl methyl sites for hydroxylation is 1. The molecule has 7 heteroatoms. The van der Waals surface area contributed by atoms with Gasteiger partial charge in [-0.3, -0.25) is 9.59 Å². The molecule has 0 unspecified atom stereocenters. The summed E-state index contributed by atoms with van der Waals surface area (Å²) in [5, 5.41) is 3.05. The van der Waals surface area contributed by atoms with Gasteiger partial charge in [-0.25, -0.2) is 4.39 Å². The molecule has 4 rings (SSSR count). The molecule has 2 atom stereocenters. The van der Waals surface area contributed by atoms with Gasteiger partial charge in [0, 0.05) is 29.4 Å². The number of ether oxygens (including phenoxy) is 1. The lowest BCUT2D eigenvalue weighted by Gasteiger charge is -2.41. The molecule has 0 aliphatic carbocycles. The fourth-order valence-corrected chi connectivity index (χ4v) is 4.79. The maximum Gasteiger partial charge on any atom is 0.254 e. The second kappa shape index (κ2) is 9.85. The molecule has 0 saturated carbocycles. The molecule has 0 aromatic heterocycles. The lowest BCUT2D eigenvalue weighted by atomic mass is 9.79. The number of hydrogen-bond acceptors (Lipinski definition) is 3. The maximum absolute atomic E-state index is 13.8. The van der Waals surface area contributed by atoms with Gasteiger partial charge >= 0.3 is 0 Å². The van der Waals surface area contributed by atoms with Crippen molar-refractivity contribution >= 4 is 33.4 Å². The van der Waals surface area contributed by atoms with E-state index in [9.17, 15) is 14.0 Å². The Kier molecular flexibility index (Phi) is 6.91. The van der Waals surface area contributed by atoms with Crippen LogP contribution in [0.5, 0.6) is 0 Å². The minimum absolute atomic E-state index is 0.180. The van der Waals surface area contributed by atoms with Crippen LogP contribution in [0.4, 0.5) is 10.1 Å². The fourth-order valence-electron chi connectivity index (χ4n) is 4.32. The van der Waals surface area contributed by atoms with Crippen molar-refractivity contribution in [1.82, 2.24) is 4.90 Å². The Morgan fingerprint density at radius 1 is 1.12 bits per heavy atom. The number of amides is 2. The number of nitrogens with one attached hydrogen (secondary N) is 1. The highest BCUT2D eigenvalue weighted by Gasteiger charge is 2.44. The number of fused-ring (bicyclic) bond motifs is 1. The first-order valence-electron chi connectivity index (χ1n) is 10.6. The fraction of sp³-hybridized carbons (Fsp3) is 0.231. The van der Waals surface area contributed by atoms with E-state index >= 15 is 0 Å². The van der Waals surface area contributed by atoms with E-state index in [-0.39, 0.29) is 17.6 Å². The van der Waals surface area contributed by atoms with E-state index in [1.54, 1.807) is 36.3 Å². The van der Waals surface area contributed by atoms with E-state index in [0.717, 1.165) is 10.0 Å². The molecular weight excluding hydrogens is 487 g/mol. The van der Waals surface area contributed by atoms with Crippen molar-refractivity contribution in [3.63, 3.8) is 0 Å². The number of anilines is 1. The Balaban J connectivity index is 1.83. The SMILES string of the molecule is COCCN1C(=O)c2ccccc2[C@H](C(=O)Nc2ccc(Br)cc2C)[C@@H]1c1ccc(F)cc1. The zero-order valence-corrected chi connectivity index (χ0v) is 19.9. The highest BCUT2D eigenvalue weighted by molar-refractivity contribution is 9.10. The number of hydrogen-bond donors (Lipinski definition) is 1. The van der Waals surface area contributed by atoms with Crippen molar-refractivity contribution in [2.45, 2.75) is 18.9 Å². The number of halogens is 2. The molecule has 0 fully saturated rings. The molecule has 0 radical (unpaired) electrons. The van der Waals surface area contributed by atoms with Crippen LogP contribution in [0.25, 0.3) is 0 Å². The minimum atomic E-state index is -0.690. The topological polar surface area (TPSA) is 58.6 Å². The normalized spacial score (nSPS) is 17.6. The molecule has 33 heavy (non-hydrogen) atoms. The summed E-state index contributed by atoms with van der Waals surface area (Å²) in [6, 6.07) is 18.1. The van der Waals surface area contributed by atoms with Crippen molar-refractivity contribution in [3.8, 4) is 0 Å². The van der Waals surface area contributed by atoms with Crippen LogP contribution in [-0.2, 0) is 9.53 Å². The van der Waals surface area contributed by atoms with Crippen LogP contribution in [0.15, 0.2) is 71.2 Å². The van der Waals surface area contributed by atoms with E-state index in [4.69, 9.17) is 4.74 Å². The van der Waals surface area contributed by atoms with Crippen LogP contribution in [-0.4, -0.2) is 37.0 Å².